The first-order chi connectivity index (χ1) is 15.3. The number of anilines is 1. The van der Waals surface area contributed by atoms with Crippen LogP contribution in [0.2, 0.25) is 0 Å². The van der Waals surface area contributed by atoms with Crippen molar-refractivity contribution >= 4 is 39.6 Å². The molecule has 8 heteroatoms. The van der Waals surface area contributed by atoms with Crippen molar-refractivity contribution in [2.24, 2.45) is 5.10 Å². The van der Waals surface area contributed by atoms with Crippen LogP contribution in [0.5, 0.6) is 0 Å². The Morgan fingerprint density at radius 3 is 2.19 bits per heavy atom. The van der Waals surface area contributed by atoms with Crippen molar-refractivity contribution in [2.75, 3.05) is 16.8 Å². The molecule has 0 heterocycles. The van der Waals surface area contributed by atoms with Crippen LogP contribution in [0.25, 0.3) is 0 Å². The number of aryl methyl sites for hydroxylation is 1. The van der Waals surface area contributed by atoms with E-state index in [1.54, 1.807) is 42.2 Å². The number of carbonyl (C=O) groups excluding carboxylic acids is 1. The number of amides is 1. The lowest BCUT2D eigenvalue weighted by molar-refractivity contribution is 0.0955. The SMILES string of the molecule is CSc1ccc(/C=N\NC(=O)c2ccc(N(Cc3ccc(C)cc3)S(C)(=O)=O)cc2)cc1. The first kappa shape index (κ1) is 23.6. The van der Waals surface area contributed by atoms with Crippen LogP contribution < -0.4 is 9.73 Å². The van der Waals surface area contributed by atoms with Crippen molar-refractivity contribution in [2.45, 2.75) is 18.4 Å². The van der Waals surface area contributed by atoms with Crippen LogP contribution in [-0.4, -0.2) is 33.1 Å². The van der Waals surface area contributed by atoms with Crippen molar-refractivity contribution in [3.05, 3.63) is 95.1 Å². The zero-order chi connectivity index (χ0) is 23.1. The quantitative estimate of drug-likeness (QED) is 0.302. The van der Waals surface area contributed by atoms with Crippen LogP contribution in [0.4, 0.5) is 5.69 Å². The van der Waals surface area contributed by atoms with E-state index < -0.39 is 10.0 Å². The lowest BCUT2D eigenvalue weighted by Gasteiger charge is -2.22. The Bertz CT molecular complexity index is 1190. The van der Waals surface area contributed by atoms with E-state index in [1.165, 1.54) is 10.6 Å². The molecule has 1 amide bonds. The first-order valence-corrected chi connectivity index (χ1v) is 12.9. The van der Waals surface area contributed by atoms with E-state index in [4.69, 9.17) is 0 Å². The number of nitrogens with zero attached hydrogens (tertiary/aromatic N) is 2. The summed E-state index contributed by atoms with van der Waals surface area (Å²) in [7, 11) is -3.50. The van der Waals surface area contributed by atoms with E-state index in [1.807, 2.05) is 61.7 Å². The maximum Gasteiger partial charge on any atom is 0.271 e. The molecule has 0 radical (unpaired) electrons. The van der Waals surface area contributed by atoms with Crippen molar-refractivity contribution in [3.8, 4) is 0 Å². The largest absolute Gasteiger partial charge is 0.271 e. The molecule has 3 aromatic carbocycles. The van der Waals surface area contributed by atoms with Crippen molar-refractivity contribution < 1.29 is 13.2 Å². The van der Waals surface area contributed by atoms with E-state index in [0.29, 0.717) is 11.3 Å². The molecular weight excluding hydrogens is 442 g/mol. The van der Waals surface area contributed by atoms with Gasteiger partial charge in [-0.3, -0.25) is 9.10 Å². The average Bonchev–Trinajstić information content (AvgIpc) is 2.78. The Labute approximate surface area is 193 Å². The highest BCUT2D eigenvalue weighted by molar-refractivity contribution is 7.98. The molecule has 0 bridgehead atoms. The molecule has 0 aliphatic carbocycles. The summed E-state index contributed by atoms with van der Waals surface area (Å²) in [6, 6.07) is 21.9. The second kappa shape index (κ2) is 10.5. The number of sulfonamides is 1. The minimum Gasteiger partial charge on any atom is -0.267 e. The molecular formula is C24H25N3O3S2. The lowest BCUT2D eigenvalue weighted by Crippen LogP contribution is -2.29. The van der Waals surface area contributed by atoms with E-state index in [-0.39, 0.29) is 12.5 Å². The molecule has 3 rings (SSSR count). The van der Waals surface area contributed by atoms with Gasteiger partial charge in [0.25, 0.3) is 5.91 Å². The van der Waals surface area contributed by atoms with E-state index in [2.05, 4.69) is 10.5 Å². The van der Waals surface area contributed by atoms with Crippen LogP contribution in [0.15, 0.2) is 82.8 Å². The minimum atomic E-state index is -3.50. The Morgan fingerprint density at radius 2 is 1.62 bits per heavy atom. The molecule has 1 N–H and O–H groups in total. The summed E-state index contributed by atoms with van der Waals surface area (Å²) in [5.41, 5.74) is 6.22. The fourth-order valence-corrected chi connectivity index (χ4v) is 4.25. The number of thioether (sulfide) groups is 1. The Morgan fingerprint density at radius 1 is 1.00 bits per heavy atom. The molecule has 0 aromatic heterocycles. The topological polar surface area (TPSA) is 78.8 Å². The fourth-order valence-electron chi connectivity index (χ4n) is 2.96. The molecule has 6 nitrogen and oxygen atoms in total. The highest BCUT2D eigenvalue weighted by Crippen LogP contribution is 2.21. The van der Waals surface area contributed by atoms with Gasteiger partial charge in [0.1, 0.15) is 0 Å². The number of benzene rings is 3. The molecule has 0 aliphatic heterocycles. The molecule has 0 atom stereocenters. The maximum absolute atomic E-state index is 12.4. The summed E-state index contributed by atoms with van der Waals surface area (Å²) >= 11 is 1.65. The van der Waals surface area contributed by atoms with Crippen molar-refractivity contribution in [3.63, 3.8) is 0 Å². The minimum absolute atomic E-state index is 0.213. The number of nitrogens with one attached hydrogen (secondary N) is 1. The molecule has 0 saturated heterocycles. The van der Waals surface area contributed by atoms with Gasteiger partial charge in [-0.1, -0.05) is 42.0 Å². The molecule has 0 saturated carbocycles. The van der Waals surface area contributed by atoms with E-state index in [9.17, 15) is 13.2 Å². The molecule has 0 aliphatic rings. The van der Waals surface area contributed by atoms with Crippen molar-refractivity contribution in [1.29, 1.82) is 0 Å². The van der Waals surface area contributed by atoms with Gasteiger partial charge >= 0.3 is 0 Å². The first-order valence-electron chi connectivity index (χ1n) is 9.87. The second-order valence-electron chi connectivity index (χ2n) is 7.27. The van der Waals surface area contributed by atoms with Gasteiger partial charge in [0, 0.05) is 10.5 Å². The highest BCUT2D eigenvalue weighted by atomic mass is 32.2. The summed E-state index contributed by atoms with van der Waals surface area (Å²) < 4.78 is 26.0. The molecule has 0 fully saturated rings. The number of carbonyl (C=O) groups is 1. The third kappa shape index (κ3) is 6.45. The van der Waals surface area contributed by atoms with Gasteiger partial charge < -0.3 is 0 Å². The lowest BCUT2D eigenvalue weighted by atomic mass is 10.1. The summed E-state index contributed by atoms with van der Waals surface area (Å²) in [5, 5.41) is 4.00. The Balaban J connectivity index is 1.69. The number of hydrogen-bond donors (Lipinski definition) is 1. The summed E-state index contributed by atoms with van der Waals surface area (Å²) in [6.07, 6.45) is 4.75. The normalized spacial score (nSPS) is 11.5. The van der Waals surface area contributed by atoms with Gasteiger partial charge in [0.2, 0.25) is 10.0 Å². The van der Waals surface area contributed by atoms with Crippen LogP contribution in [-0.2, 0) is 16.6 Å². The number of hydrogen-bond acceptors (Lipinski definition) is 5. The van der Waals surface area contributed by atoms with Crippen LogP contribution >= 0.6 is 11.8 Å². The predicted octanol–water partition coefficient (Wildman–Crippen LogP) is 4.45. The third-order valence-electron chi connectivity index (χ3n) is 4.76. The standard InChI is InChI=1S/C24H25N3O3S2/c1-18-4-6-20(7-5-18)17-27(32(3,29)30)22-12-10-21(11-13-22)24(28)26-25-16-19-8-14-23(31-2)15-9-19/h4-16H,17H2,1-3H3,(H,26,28)/b25-16-. The summed E-state index contributed by atoms with van der Waals surface area (Å²) in [5.74, 6) is -0.377. The molecule has 3 aromatic rings. The molecule has 166 valence electrons. The highest BCUT2D eigenvalue weighted by Gasteiger charge is 2.18. The maximum atomic E-state index is 12.4. The third-order valence-corrected chi connectivity index (χ3v) is 6.64. The van der Waals surface area contributed by atoms with Gasteiger partial charge in [0.05, 0.1) is 24.7 Å². The van der Waals surface area contributed by atoms with Gasteiger partial charge in [-0.2, -0.15) is 5.10 Å². The smallest absolute Gasteiger partial charge is 0.267 e. The Kier molecular flexibility index (Phi) is 7.71. The van der Waals surface area contributed by atoms with Gasteiger partial charge in [0.15, 0.2) is 0 Å². The Hall–Kier alpha value is -3.10. The molecule has 0 spiro atoms. The van der Waals surface area contributed by atoms with Crippen LogP contribution in [0.1, 0.15) is 27.0 Å². The van der Waals surface area contributed by atoms with Gasteiger partial charge in [-0.25, -0.2) is 13.8 Å². The van der Waals surface area contributed by atoms with E-state index in [0.717, 1.165) is 21.6 Å². The molecule has 0 unspecified atom stereocenters. The predicted molar refractivity (Wildman–Crippen MR) is 132 cm³/mol. The summed E-state index contributed by atoms with van der Waals surface area (Å²) in [6.45, 7) is 2.19. The van der Waals surface area contributed by atoms with Crippen LogP contribution in [0.3, 0.4) is 0 Å². The fraction of sp³-hybridized carbons (Fsp3) is 0.167. The number of hydrazone groups is 1. The molecule has 32 heavy (non-hydrogen) atoms. The zero-order valence-corrected chi connectivity index (χ0v) is 19.8. The van der Waals surface area contributed by atoms with Gasteiger partial charge in [-0.15, -0.1) is 11.8 Å². The van der Waals surface area contributed by atoms with Gasteiger partial charge in [-0.05, 0) is 60.7 Å². The summed E-state index contributed by atoms with van der Waals surface area (Å²) in [4.78, 5) is 13.5. The van der Waals surface area contributed by atoms with Crippen LogP contribution in [0, 0.1) is 6.92 Å². The second-order valence-corrected chi connectivity index (χ2v) is 10.1. The van der Waals surface area contributed by atoms with E-state index >= 15 is 0 Å². The zero-order valence-electron chi connectivity index (χ0n) is 18.1. The van der Waals surface area contributed by atoms with Crippen molar-refractivity contribution in [1.82, 2.24) is 5.43 Å². The average molecular weight is 468 g/mol. The number of rotatable bonds is 8. The monoisotopic (exact) mass is 467 g/mol.